The van der Waals surface area contributed by atoms with Gasteiger partial charge >= 0.3 is 0 Å². The van der Waals surface area contributed by atoms with Gasteiger partial charge in [0.15, 0.2) is 0 Å². The zero-order chi connectivity index (χ0) is 13.7. The maximum absolute atomic E-state index is 12.0. The lowest BCUT2D eigenvalue weighted by Gasteiger charge is -2.23. The first-order chi connectivity index (χ1) is 9.19. The van der Waals surface area contributed by atoms with Gasteiger partial charge in [-0.3, -0.25) is 4.79 Å². The lowest BCUT2D eigenvalue weighted by molar-refractivity contribution is -0.117. The molecule has 1 aromatic rings. The van der Waals surface area contributed by atoms with Crippen molar-refractivity contribution in [1.29, 1.82) is 0 Å². The molecule has 1 saturated heterocycles. The Morgan fingerprint density at radius 2 is 2.47 bits per heavy atom. The molecule has 1 unspecified atom stereocenters. The van der Waals surface area contributed by atoms with Crippen LogP contribution in [0.2, 0.25) is 0 Å². The van der Waals surface area contributed by atoms with Crippen molar-refractivity contribution >= 4 is 27.5 Å². The number of hydrogen-bond donors (Lipinski definition) is 2. The molecule has 1 heterocycles. The van der Waals surface area contributed by atoms with Crippen LogP contribution in [0.5, 0.6) is 5.75 Å². The molecule has 104 valence electrons. The topological polar surface area (TPSA) is 59.6 Å². The largest absolute Gasteiger partial charge is 0.497 e. The van der Waals surface area contributed by atoms with Crippen LogP contribution in [-0.2, 0) is 9.53 Å². The molecule has 19 heavy (non-hydrogen) atoms. The molecule has 5 nitrogen and oxygen atoms in total. The van der Waals surface area contributed by atoms with Gasteiger partial charge in [0.05, 0.1) is 26.0 Å². The highest BCUT2D eigenvalue weighted by Crippen LogP contribution is 2.27. The van der Waals surface area contributed by atoms with E-state index in [4.69, 9.17) is 9.47 Å². The van der Waals surface area contributed by atoms with Crippen molar-refractivity contribution in [3.8, 4) is 5.75 Å². The summed E-state index contributed by atoms with van der Waals surface area (Å²) in [5, 5.41) is 6.12. The first-order valence-corrected chi connectivity index (χ1v) is 6.93. The van der Waals surface area contributed by atoms with E-state index < -0.39 is 0 Å². The van der Waals surface area contributed by atoms with Crippen molar-refractivity contribution in [3.63, 3.8) is 0 Å². The van der Waals surface area contributed by atoms with E-state index in [1.807, 2.05) is 12.1 Å². The Balaban J connectivity index is 1.94. The van der Waals surface area contributed by atoms with Crippen molar-refractivity contribution in [2.75, 3.05) is 32.2 Å². The van der Waals surface area contributed by atoms with E-state index in [0.717, 1.165) is 11.0 Å². The summed E-state index contributed by atoms with van der Waals surface area (Å²) >= 11 is 3.40. The molecule has 2 rings (SSSR count). The Labute approximate surface area is 120 Å². The lowest BCUT2D eigenvalue weighted by atomic mass is 10.2. The number of anilines is 1. The second-order valence-electron chi connectivity index (χ2n) is 4.32. The number of morpholine rings is 1. The van der Waals surface area contributed by atoms with E-state index in [1.165, 1.54) is 0 Å². The van der Waals surface area contributed by atoms with Gasteiger partial charge < -0.3 is 20.1 Å². The van der Waals surface area contributed by atoms with Crippen LogP contribution in [0.25, 0.3) is 0 Å². The second kappa shape index (κ2) is 6.88. The monoisotopic (exact) mass is 328 g/mol. The number of halogens is 1. The summed E-state index contributed by atoms with van der Waals surface area (Å²) < 4.78 is 11.3. The standard InChI is InChI=1S/C13H17BrN2O3/c1-18-10-2-3-11(14)12(7-10)16-13(17)6-9-8-19-5-4-15-9/h2-3,7,9,15H,4-6,8H2,1H3,(H,16,17). The number of methoxy groups -OCH3 is 1. The minimum atomic E-state index is -0.0445. The summed E-state index contributed by atoms with van der Waals surface area (Å²) in [5.74, 6) is 0.662. The third-order valence-corrected chi connectivity index (χ3v) is 3.57. The molecular weight excluding hydrogens is 312 g/mol. The maximum atomic E-state index is 12.0. The van der Waals surface area contributed by atoms with Gasteiger partial charge in [-0.2, -0.15) is 0 Å². The third-order valence-electron chi connectivity index (χ3n) is 2.88. The number of nitrogens with one attached hydrogen (secondary N) is 2. The second-order valence-corrected chi connectivity index (χ2v) is 5.18. The number of benzene rings is 1. The first kappa shape index (κ1) is 14.3. The average molecular weight is 329 g/mol. The zero-order valence-electron chi connectivity index (χ0n) is 10.7. The van der Waals surface area contributed by atoms with Gasteiger partial charge in [-0.1, -0.05) is 0 Å². The molecule has 1 fully saturated rings. The molecule has 0 saturated carbocycles. The Bertz CT molecular complexity index is 448. The van der Waals surface area contributed by atoms with Gasteiger partial charge in [0.1, 0.15) is 5.75 Å². The summed E-state index contributed by atoms with van der Waals surface area (Å²) in [4.78, 5) is 12.0. The number of hydrogen-bond acceptors (Lipinski definition) is 4. The molecule has 0 radical (unpaired) electrons. The van der Waals surface area contributed by atoms with E-state index >= 15 is 0 Å². The minimum Gasteiger partial charge on any atom is -0.497 e. The fourth-order valence-electron chi connectivity index (χ4n) is 1.90. The molecule has 1 amide bonds. The highest BCUT2D eigenvalue weighted by atomic mass is 79.9. The highest BCUT2D eigenvalue weighted by molar-refractivity contribution is 9.10. The van der Waals surface area contributed by atoms with Crippen LogP contribution in [0.3, 0.4) is 0 Å². The normalized spacial score (nSPS) is 18.9. The molecule has 1 aliphatic heterocycles. The fourth-order valence-corrected chi connectivity index (χ4v) is 2.25. The zero-order valence-corrected chi connectivity index (χ0v) is 12.3. The van der Waals surface area contributed by atoms with E-state index in [2.05, 4.69) is 26.6 Å². The van der Waals surface area contributed by atoms with Crippen LogP contribution in [0.4, 0.5) is 5.69 Å². The average Bonchev–Trinajstić information content (AvgIpc) is 2.42. The smallest absolute Gasteiger partial charge is 0.226 e. The Morgan fingerprint density at radius 1 is 1.63 bits per heavy atom. The molecule has 1 aliphatic rings. The van der Waals surface area contributed by atoms with Gasteiger partial charge in [0, 0.05) is 29.5 Å². The molecule has 2 N–H and O–H groups in total. The van der Waals surface area contributed by atoms with Gasteiger partial charge in [-0.25, -0.2) is 0 Å². The quantitative estimate of drug-likeness (QED) is 0.884. The molecule has 6 heteroatoms. The lowest BCUT2D eigenvalue weighted by Crippen LogP contribution is -2.43. The predicted octanol–water partition coefficient (Wildman–Crippen LogP) is 1.77. The van der Waals surface area contributed by atoms with Gasteiger partial charge in [0.2, 0.25) is 5.91 Å². The predicted molar refractivity (Wildman–Crippen MR) is 76.6 cm³/mol. The summed E-state index contributed by atoms with van der Waals surface area (Å²) in [5.41, 5.74) is 0.709. The molecule has 0 spiro atoms. The molecule has 0 bridgehead atoms. The molecular formula is C13H17BrN2O3. The van der Waals surface area contributed by atoms with E-state index in [0.29, 0.717) is 31.1 Å². The van der Waals surface area contributed by atoms with Crippen LogP contribution in [0, 0.1) is 0 Å². The van der Waals surface area contributed by atoms with E-state index in [9.17, 15) is 4.79 Å². The Kier molecular flexibility index (Phi) is 5.18. The maximum Gasteiger partial charge on any atom is 0.226 e. The van der Waals surface area contributed by atoms with Gasteiger partial charge in [-0.15, -0.1) is 0 Å². The van der Waals surface area contributed by atoms with Crippen molar-refractivity contribution < 1.29 is 14.3 Å². The number of ether oxygens (including phenoxy) is 2. The molecule has 0 aromatic heterocycles. The van der Waals surface area contributed by atoms with Gasteiger partial charge in [0.25, 0.3) is 0 Å². The highest BCUT2D eigenvalue weighted by Gasteiger charge is 2.17. The Hall–Kier alpha value is -1.11. The van der Waals surface area contributed by atoms with Crippen molar-refractivity contribution in [2.24, 2.45) is 0 Å². The van der Waals surface area contributed by atoms with E-state index in [-0.39, 0.29) is 11.9 Å². The SMILES string of the molecule is COc1ccc(Br)c(NC(=O)CC2COCCN2)c1. The summed E-state index contributed by atoms with van der Waals surface area (Å²) in [6.45, 7) is 2.08. The van der Waals surface area contributed by atoms with Crippen molar-refractivity contribution in [1.82, 2.24) is 5.32 Å². The number of rotatable bonds is 4. The summed E-state index contributed by atoms with van der Waals surface area (Å²) in [6, 6.07) is 5.54. The molecule has 0 aliphatic carbocycles. The number of carbonyl (C=O) groups is 1. The van der Waals surface area contributed by atoms with Crippen LogP contribution in [-0.4, -0.2) is 38.8 Å². The summed E-state index contributed by atoms with van der Waals surface area (Å²) in [7, 11) is 1.60. The molecule has 1 aromatic carbocycles. The van der Waals surface area contributed by atoms with Crippen molar-refractivity contribution in [2.45, 2.75) is 12.5 Å². The first-order valence-electron chi connectivity index (χ1n) is 6.13. The minimum absolute atomic E-state index is 0.0445. The van der Waals surface area contributed by atoms with Gasteiger partial charge in [-0.05, 0) is 28.1 Å². The van der Waals surface area contributed by atoms with E-state index in [1.54, 1.807) is 13.2 Å². The summed E-state index contributed by atoms with van der Waals surface area (Å²) in [6.07, 6.45) is 0.393. The Morgan fingerprint density at radius 3 is 3.16 bits per heavy atom. The molecule has 1 atom stereocenters. The van der Waals surface area contributed by atoms with Crippen LogP contribution in [0.15, 0.2) is 22.7 Å². The van der Waals surface area contributed by atoms with Crippen molar-refractivity contribution in [3.05, 3.63) is 22.7 Å². The third kappa shape index (κ3) is 4.19. The fraction of sp³-hybridized carbons (Fsp3) is 0.462. The van der Waals surface area contributed by atoms with Crippen LogP contribution in [0.1, 0.15) is 6.42 Å². The number of amides is 1. The number of carbonyl (C=O) groups excluding carboxylic acids is 1. The van der Waals surface area contributed by atoms with Crippen LogP contribution < -0.4 is 15.4 Å². The van der Waals surface area contributed by atoms with Crippen LogP contribution >= 0.6 is 15.9 Å².